The summed E-state index contributed by atoms with van der Waals surface area (Å²) in [6.07, 6.45) is 5.95. The highest BCUT2D eigenvalue weighted by Crippen LogP contribution is 2.11. The van der Waals surface area contributed by atoms with Crippen molar-refractivity contribution in [1.82, 2.24) is 5.32 Å². The molecule has 0 bridgehead atoms. The molecule has 0 aromatic carbocycles. The van der Waals surface area contributed by atoms with E-state index in [-0.39, 0.29) is 5.97 Å². The Hall–Kier alpha value is -0.650. The van der Waals surface area contributed by atoms with Gasteiger partial charge in [0.1, 0.15) is 6.61 Å². The minimum atomic E-state index is -0.118. The van der Waals surface area contributed by atoms with E-state index >= 15 is 0 Å². The Morgan fingerprint density at radius 2 is 2.11 bits per heavy atom. The van der Waals surface area contributed by atoms with Crippen LogP contribution in [0.25, 0.3) is 0 Å². The summed E-state index contributed by atoms with van der Waals surface area (Å²) in [7, 11) is 1.67. The van der Waals surface area contributed by atoms with Gasteiger partial charge in [0, 0.05) is 32.8 Å². The van der Waals surface area contributed by atoms with Gasteiger partial charge in [0.05, 0.1) is 6.61 Å². The van der Waals surface area contributed by atoms with Gasteiger partial charge in [-0.25, -0.2) is 0 Å². The Kier molecular flexibility index (Phi) is 9.67. The molecule has 5 heteroatoms. The summed E-state index contributed by atoms with van der Waals surface area (Å²) in [6, 6.07) is 0.492. The van der Waals surface area contributed by atoms with Crippen LogP contribution in [0.15, 0.2) is 0 Å². The summed E-state index contributed by atoms with van der Waals surface area (Å²) >= 11 is 0. The summed E-state index contributed by atoms with van der Waals surface area (Å²) in [5, 5.41) is 3.43. The van der Waals surface area contributed by atoms with E-state index in [1.165, 1.54) is 19.3 Å². The quantitative estimate of drug-likeness (QED) is 0.483. The van der Waals surface area contributed by atoms with E-state index in [0.717, 1.165) is 19.4 Å². The molecule has 1 atom stereocenters. The van der Waals surface area contributed by atoms with Crippen LogP contribution < -0.4 is 5.32 Å². The van der Waals surface area contributed by atoms with Gasteiger partial charge in [-0.2, -0.15) is 0 Å². The van der Waals surface area contributed by atoms with Gasteiger partial charge in [-0.15, -0.1) is 0 Å². The standard InChI is InChI=1S/C14H27NO4/c1-17-9-4-10-18-11-12-19-14(16)7-6-13-5-2-3-8-15-13/h13,15H,2-12H2,1H3. The van der Waals surface area contributed by atoms with Crippen molar-refractivity contribution in [2.75, 3.05) is 40.1 Å². The van der Waals surface area contributed by atoms with E-state index in [9.17, 15) is 4.79 Å². The van der Waals surface area contributed by atoms with E-state index < -0.39 is 0 Å². The molecule has 19 heavy (non-hydrogen) atoms. The van der Waals surface area contributed by atoms with E-state index in [1.54, 1.807) is 7.11 Å². The number of esters is 1. The maximum absolute atomic E-state index is 11.5. The number of carbonyl (C=O) groups excluding carboxylic acids is 1. The number of ether oxygens (including phenoxy) is 3. The zero-order chi connectivity index (χ0) is 13.8. The number of hydrogen-bond acceptors (Lipinski definition) is 5. The zero-order valence-electron chi connectivity index (χ0n) is 12.0. The summed E-state index contributed by atoms with van der Waals surface area (Å²) in [5.74, 6) is -0.118. The summed E-state index contributed by atoms with van der Waals surface area (Å²) in [5.41, 5.74) is 0. The van der Waals surface area contributed by atoms with E-state index in [0.29, 0.717) is 38.9 Å². The number of carbonyl (C=O) groups is 1. The van der Waals surface area contributed by atoms with Crippen LogP contribution in [0.4, 0.5) is 0 Å². The largest absolute Gasteiger partial charge is 0.463 e. The summed E-state index contributed by atoms with van der Waals surface area (Å²) in [6.45, 7) is 3.25. The monoisotopic (exact) mass is 273 g/mol. The van der Waals surface area contributed by atoms with Crippen molar-refractivity contribution in [2.45, 2.75) is 44.6 Å². The van der Waals surface area contributed by atoms with Gasteiger partial charge in [-0.3, -0.25) is 4.79 Å². The van der Waals surface area contributed by atoms with Crippen LogP contribution in [0.1, 0.15) is 38.5 Å². The summed E-state index contributed by atoms with van der Waals surface area (Å²) in [4.78, 5) is 11.5. The van der Waals surface area contributed by atoms with Gasteiger partial charge in [-0.05, 0) is 32.2 Å². The topological polar surface area (TPSA) is 56.8 Å². The minimum absolute atomic E-state index is 0.118. The predicted molar refractivity (Wildman–Crippen MR) is 73.1 cm³/mol. The number of nitrogens with one attached hydrogen (secondary N) is 1. The highest BCUT2D eigenvalue weighted by molar-refractivity contribution is 5.69. The third kappa shape index (κ3) is 8.97. The second-order valence-electron chi connectivity index (χ2n) is 4.86. The smallest absolute Gasteiger partial charge is 0.305 e. The van der Waals surface area contributed by atoms with Crippen molar-refractivity contribution in [3.63, 3.8) is 0 Å². The van der Waals surface area contributed by atoms with Gasteiger partial charge in [-0.1, -0.05) is 6.42 Å². The third-order valence-corrected chi connectivity index (χ3v) is 3.24. The molecule has 5 nitrogen and oxygen atoms in total. The Morgan fingerprint density at radius 1 is 1.21 bits per heavy atom. The second kappa shape index (κ2) is 11.2. The van der Waals surface area contributed by atoms with Gasteiger partial charge < -0.3 is 19.5 Å². The van der Waals surface area contributed by atoms with Crippen molar-refractivity contribution in [3.05, 3.63) is 0 Å². The fraction of sp³-hybridized carbons (Fsp3) is 0.929. The molecular formula is C14H27NO4. The molecular weight excluding hydrogens is 246 g/mol. The van der Waals surface area contributed by atoms with Crippen LogP contribution >= 0.6 is 0 Å². The molecule has 1 unspecified atom stereocenters. The van der Waals surface area contributed by atoms with E-state index in [1.807, 2.05) is 0 Å². The number of rotatable bonds is 10. The Balaban J connectivity index is 1.87. The third-order valence-electron chi connectivity index (χ3n) is 3.24. The highest BCUT2D eigenvalue weighted by atomic mass is 16.6. The fourth-order valence-corrected chi connectivity index (χ4v) is 2.16. The van der Waals surface area contributed by atoms with E-state index in [2.05, 4.69) is 5.32 Å². The average molecular weight is 273 g/mol. The van der Waals surface area contributed by atoms with Crippen LogP contribution in [0.3, 0.4) is 0 Å². The van der Waals surface area contributed by atoms with Crippen molar-refractivity contribution in [3.8, 4) is 0 Å². The first kappa shape index (κ1) is 16.4. The Bertz CT molecular complexity index is 229. The molecule has 0 radical (unpaired) electrons. The molecule has 0 aliphatic carbocycles. The first-order chi connectivity index (χ1) is 9.33. The van der Waals surface area contributed by atoms with Gasteiger partial charge in [0.2, 0.25) is 0 Å². The number of hydrogen-bond donors (Lipinski definition) is 1. The number of methoxy groups -OCH3 is 1. The van der Waals surface area contributed by atoms with Gasteiger partial charge in [0.25, 0.3) is 0 Å². The molecule has 1 aliphatic rings. The lowest BCUT2D eigenvalue weighted by Crippen LogP contribution is -2.34. The lowest BCUT2D eigenvalue weighted by atomic mass is 10.0. The first-order valence-corrected chi connectivity index (χ1v) is 7.28. The molecule has 0 amide bonds. The summed E-state index contributed by atoms with van der Waals surface area (Å²) < 4.78 is 15.3. The Morgan fingerprint density at radius 3 is 2.84 bits per heavy atom. The van der Waals surface area contributed by atoms with Crippen molar-refractivity contribution in [2.24, 2.45) is 0 Å². The molecule has 0 spiro atoms. The molecule has 1 heterocycles. The molecule has 1 aliphatic heterocycles. The molecule has 1 saturated heterocycles. The molecule has 1 rings (SSSR count). The normalized spacial score (nSPS) is 19.3. The molecule has 0 aromatic rings. The van der Waals surface area contributed by atoms with Crippen LogP contribution in [0.2, 0.25) is 0 Å². The first-order valence-electron chi connectivity index (χ1n) is 7.28. The maximum atomic E-state index is 11.5. The van der Waals surface area contributed by atoms with Crippen LogP contribution in [-0.2, 0) is 19.0 Å². The maximum Gasteiger partial charge on any atom is 0.305 e. The highest BCUT2D eigenvalue weighted by Gasteiger charge is 2.14. The van der Waals surface area contributed by atoms with Crippen LogP contribution in [-0.4, -0.2) is 52.1 Å². The predicted octanol–water partition coefficient (Wildman–Crippen LogP) is 1.50. The molecule has 0 aromatic heterocycles. The van der Waals surface area contributed by atoms with Crippen molar-refractivity contribution in [1.29, 1.82) is 0 Å². The second-order valence-corrected chi connectivity index (χ2v) is 4.86. The van der Waals surface area contributed by atoms with Crippen LogP contribution in [0.5, 0.6) is 0 Å². The van der Waals surface area contributed by atoms with E-state index in [4.69, 9.17) is 14.2 Å². The van der Waals surface area contributed by atoms with Crippen molar-refractivity contribution >= 4 is 5.97 Å². The van der Waals surface area contributed by atoms with Gasteiger partial charge >= 0.3 is 5.97 Å². The molecule has 112 valence electrons. The fourth-order valence-electron chi connectivity index (χ4n) is 2.16. The molecule has 1 N–H and O–H groups in total. The Labute approximate surface area is 116 Å². The average Bonchev–Trinajstić information content (AvgIpc) is 2.45. The van der Waals surface area contributed by atoms with Crippen LogP contribution in [0, 0.1) is 0 Å². The minimum Gasteiger partial charge on any atom is -0.463 e. The lowest BCUT2D eigenvalue weighted by Gasteiger charge is -2.22. The lowest BCUT2D eigenvalue weighted by molar-refractivity contribution is -0.145. The zero-order valence-corrected chi connectivity index (χ0v) is 12.0. The molecule has 0 saturated carbocycles. The molecule has 1 fully saturated rings. The SMILES string of the molecule is COCCCOCCOC(=O)CCC1CCCCN1. The van der Waals surface area contributed by atoms with Gasteiger partial charge in [0.15, 0.2) is 0 Å². The number of piperidine rings is 1. The van der Waals surface area contributed by atoms with Crippen molar-refractivity contribution < 1.29 is 19.0 Å².